The SMILES string of the molecule is Clc1ccccc1-c1[nH]c2ccccc2c1C1CCCNC1. The molecule has 3 heteroatoms. The maximum Gasteiger partial charge on any atom is 0.0515 e. The fraction of sp³-hybridized carbons (Fsp3) is 0.263. The van der Waals surface area contributed by atoms with Gasteiger partial charge in [-0.1, -0.05) is 48.0 Å². The third-order valence-electron chi connectivity index (χ3n) is 4.59. The number of aromatic amines is 1. The molecule has 4 rings (SSSR count). The van der Waals surface area contributed by atoms with Gasteiger partial charge in [-0.15, -0.1) is 0 Å². The summed E-state index contributed by atoms with van der Waals surface area (Å²) in [6.45, 7) is 2.17. The van der Waals surface area contributed by atoms with Crippen molar-refractivity contribution in [3.05, 3.63) is 59.1 Å². The molecule has 1 saturated heterocycles. The van der Waals surface area contributed by atoms with Gasteiger partial charge >= 0.3 is 0 Å². The lowest BCUT2D eigenvalue weighted by molar-refractivity contribution is 0.464. The Labute approximate surface area is 135 Å². The molecular formula is C19H19ClN2. The van der Waals surface area contributed by atoms with E-state index in [-0.39, 0.29) is 0 Å². The van der Waals surface area contributed by atoms with Crippen molar-refractivity contribution in [3.8, 4) is 11.3 Å². The molecule has 22 heavy (non-hydrogen) atoms. The van der Waals surface area contributed by atoms with E-state index < -0.39 is 0 Å². The first-order valence-electron chi connectivity index (χ1n) is 7.91. The molecule has 3 aromatic rings. The topological polar surface area (TPSA) is 27.8 Å². The van der Waals surface area contributed by atoms with Crippen molar-refractivity contribution in [2.24, 2.45) is 0 Å². The second-order valence-corrected chi connectivity index (χ2v) is 6.39. The number of piperidine rings is 1. The normalized spacial score (nSPS) is 18.7. The minimum Gasteiger partial charge on any atom is -0.354 e. The van der Waals surface area contributed by atoms with Crippen molar-refractivity contribution >= 4 is 22.5 Å². The Morgan fingerprint density at radius 1 is 1.00 bits per heavy atom. The Morgan fingerprint density at radius 2 is 1.82 bits per heavy atom. The van der Waals surface area contributed by atoms with Crippen LogP contribution in [0.25, 0.3) is 22.2 Å². The van der Waals surface area contributed by atoms with Crippen LogP contribution in [0.5, 0.6) is 0 Å². The summed E-state index contributed by atoms with van der Waals surface area (Å²) in [7, 11) is 0. The number of hydrogen-bond donors (Lipinski definition) is 2. The molecule has 2 nitrogen and oxygen atoms in total. The summed E-state index contributed by atoms with van der Waals surface area (Å²) in [5.74, 6) is 0.538. The molecule has 2 aromatic carbocycles. The fourth-order valence-electron chi connectivity index (χ4n) is 3.56. The second kappa shape index (κ2) is 5.79. The van der Waals surface area contributed by atoms with Gasteiger partial charge in [-0.3, -0.25) is 0 Å². The largest absolute Gasteiger partial charge is 0.354 e. The zero-order valence-electron chi connectivity index (χ0n) is 12.4. The van der Waals surface area contributed by atoms with Crippen molar-refractivity contribution in [3.63, 3.8) is 0 Å². The number of para-hydroxylation sites is 1. The summed E-state index contributed by atoms with van der Waals surface area (Å²) in [5.41, 5.74) is 4.88. The van der Waals surface area contributed by atoms with Crippen molar-refractivity contribution < 1.29 is 0 Å². The van der Waals surface area contributed by atoms with E-state index in [0.717, 1.165) is 23.7 Å². The third kappa shape index (κ3) is 2.33. The highest BCUT2D eigenvalue weighted by atomic mass is 35.5. The van der Waals surface area contributed by atoms with E-state index >= 15 is 0 Å². The van der Waals surface area contributed by atoms with Crippen LogP contribution < -0.4 is 5.32 Å². The summed E-state index contributed by atoms with van der Waals surface area (Å²) in [5, 5.41) is 5.66. The van der Waals surface area contributed by atoms with Gasteiger partial charge in [-0.2, -0.15) is 0 Å². The average Bonchev–Trinajstić information content (AvgIpc) is 2.95. The van der Waals surface area contributed by atoms with Crippen LogP contribution in [0.1, 0.15) is 24.3 Å². The summed E-state index contributed by atoms with van der Waals surface area (Å²) in [4.78, 5) is 3.61. The quantitative estimate of drug-likeness (QED) is 0.688. The Balaban J connectivity index is 1.95. The monoisotopic (exact) mass is 310 g/mol. The lowest BCUT2D eigenvalue weighted by atomic mass is 9.88. The molecule has 0 amide bonds. The van der Waals surface area contributed by atoms with Crippen LogP contribution in [-0.2, 0) is 0 Å². The highest BCUT2D eigenvalue weighted by molar-refractivity contribution is 6.33. The van der Waals surface area contributed by atoms with E-state index in [1.807, 2.05) is 12.1 Å². The van der Waals surface area contributed by atoms with Crippen molar-refractivity contribution in [2.75, 3.05) is 13.1 Å². The Hall–Kier alpha value is -1.77. The Kier molecular flexibility index (Phi) is 3.65. The molecular weight excluding hydrogens is 292 g/mol. The summed E-state index contributed by atoms with van der Waals surface area (Å²) < 4.78 is 0. The standard InChI is InChI=1S/C19H19ClN2/c20-16-9-3-1-7-14(16)19-18(13-6-5-11-21-12-13)15-8-2-4-10-17(15)22-19/h1-4,7-10,13,21-22H,5-6,11-12H2. The zero-order chi connectivity index (χ0) is 14.9. The predicted molar refractivity (Wildman–Crippen MR) is 93.6 cm³/mol. The van der Waals surface area contributed by atoms with Gasteiger partial charge in [-0.05, 0) is 43.0 Å². The highest BCUT2D eigenvalue weighted by Gasteiger charge is 2.24. The van der Waals surface area contributed by atoms with Gasteiger partial charge in [0, 0.05) is 28.0 Å². The van der Waals surface area contributed by atoms with Crippen LogP contribution in [0.3, 0.4) is 0 Å². The molecule has 0 saturated carbocycles. The number of benzene rings is 2. The second-order valence-electron chi connectivity index (χ2n) is 5.98. The molecule has 1 fully saturated rings. The molecule has 0 bridgehead atoms. The van der Waals surface area contributed by atoms with Gasteiger partial charge in [0.25, 0.3) is 0 Å². The van der Waals surface area contributed by atoms with E-state index in [0.29, 0.717) is 5.92 Å². The Bertz CT molecular complexity index is 800. The number of rotatable bonds is 2. The average molecular weight is 311 g/mol. The molecule has 0 spiro atoms. The van der Waals surface area contributed by atoms with Crippen LogP contribution in [0.15, 0.2) is 48.5 Å². The molecule has 112 valence electrons. The number of halogens is 1. The lowest BCUT2D eigenvalue weighted by Crippen LogP contribution is -2.28. The van der Waals surface area contributed by atoms with Gasteiger partial charge in [0.05, 0.1) is 5.69 Å². The van der Waals surface area contributed by atoms with Crippen molar-refractivity contribution in [2.45, 2.75) is 18.8 Å². The highest BCUT2D eigenvalue weighted by Crippen LogP contribution is 2.40. The smallest absolute Gasteiger partial charge is 0.0515 e. The van der Waals surface area contributed by atoms with Crippen LogP contribution >= 0.6 is 11.6 Å². The third-order valence-corrected chi connectivity index (χ3v) is 4.92. The first-order valence-corrected chi connectivity index (χ1v) is 8.28. The van der Waals surface area contributed by atoms with Crippen molar-refractivity contribution in [1.29, 1.82) is 0 Å². The van der Waals surface area contributed by atoms with Crippen LogP contribution in [0.4, 0.5) is 0 Å². The molecule has 1 unspecified atom stereocenters. The number of H-pyrrole nitrogens is 1. The molecule has 1 aliphatic rings. The van der Waals surface area contributed by atoms with Gasteiger partial charge < -0.3 is 10.3 Å². The van der Waals surface area contributed by atoms with E-state index in [9.17, 15) is 0 Å². The summed E-state index contributed by atoms with van der Waals surface area (Å²) in [6, 6.07) is 16.7. The van der Waals surface area contributed by atoms with Crippen molar-refractivity contribution in [1.82, 2.24) is 10.3 Å². The zero-order valence-corrected chi connectivity index (χ0v) is 13.2. The van der Waals surface area contributed by atoms with E-state index in [1.54, 1.807) is 0 Å². The number of nitrogens with one attached hydrogen (secondary N) is 2. The molecule has 1 atom stereocenters. The minimum atomic E-state index is 0.538. The van der Waals surface area contributed by atoms with Gasteiger partial charge in [0.15, 0.2) is 0 Å². The lowest BCUT2D eigenvalue weighted by Gasteiger charge is -2.24. The molecule has 0 radical (unpaired) electrons. The first kappa shape index (κ1) is 13.9. The van der Waals surface area contributed by atoms with E-state index in [4.69, 9.17) is 11.6 Å². The number of aromatic nitrogens is 1. The van der Waals surface area contributed by atoms with Crippen LogP contribution in [0.2, 0.25) is 5.02 Å². The minimum absolute atomic E-state index is 0.538. The van der Waals surface area contributed by atoms with Gasteiger partial charge in [-0.25, -0.2) is 0 Å². The van der Waals surface area contributed by atoms with E-state index in [1.165, 1.54) is 35.0 Å². The Morgan fingerprint density at radius 3 is 2.64 bits per heavy atom. The molecule has 0 aliphatic carbocycles. The molecule has 2 heterocycles. The molecule has 2 N–H and O–H groups in total. The number of fused-ring (bicyclic) bond motifs is 1. The van der Waals surface area contributed by atoms with Crippen LogP contribution in [0, 0.1) is 0 Å². The van der Waals surface area contributed by atoms with Crippen LogP contribution in [-0.4, -0.2) is 18.1 Å². The van der Waals surface area contributed by atoms with E-state index in [2.05, 4.69) is 46.7 Å². The predicted octanol–water partition coefficient (Wildman–Crippen LogP) is 4.96. The summed E-state index contributed by atoms with van der Waals surface area (Å²) >= 11 is 6.46. The molecule has 1 aliphatic heterocycles. The first-order chi connectivity index (χ1) is 10.8. The fourth-order valence-corrected chi connectivity index (χ4v) is 3.79. The van der Waals surface area contributed by atoms with Gasteiger partial charge in [0.1, 0.15) is 0 Å². The maximum atomic E-state index is 6.46. The summed E-state index contributed by atoms with van der Waals surface area (Å²) in [6.07, 6.45) is 2.46. The van der Waals surface area contributed by atoms with Gasteiger partial charge in [0.2, 0.25) is 0 Å². The number of hydrogen-bond acceptors (Lipinski definition) is 1. The molecule has 1 aromatic heterocycles. The maximum absolute atomic E-state index is 6.46.